The van der Waals surface area contributed by atoms with E-state index < -0.39 is 18.5 Å². The zero-order chi connectivity index (χ0) is 19.0. The molecule has 0 aliphatic rings. The molecule has 25 heavy (non-hydrogen) atoms. The predicted octanol–water partition coefficient (Wildman–Crippen LogP) is 3.63. The summed E-state index contributed by atoms with van der Waals surface area (Å²) in [6.07, 6.45) is 0.169. The van der Waals surface area contributed by atoms with Crippen LogP contribution in [0.4, 0.5) is 5.69 Å². The van der Waals surface area contributed by atoms with Crippen molar-refractivity contribution in [2.24, 2.45) is 0 Å². The zero-order valence-corrected chi connectivity index (χ0v) is 16.3. The highest BCUT2D eigenvalue weighted by Gasteiger charge is 2.31. The van der Waals surface area contributed by atoms with Gasteiger partial charge in [-0.1, -0.05) is 0 Å². The maximum atomic E-state index is 13.0. The number of hydrogen-bond donors (Lipinski definition) is 0. The van der Waals surface area contributed by atoms with E-state index in [0.29, 0.717) is 0 Å². The van der Waals surface area contributed by atoms with Crippen molar-refractivity contribution in [3.05, 3.63) is 34.1 Å². The van der Waals surface area contributed by atoms with Gasteiger partial charge in [0.1, 0.15) is 11.9 Å². The molecule has 0 radical (unpaired) electrons. The SMILES string of the molecule is CC(=O)CC(OP(C)(=O)N(CCCl)CCCl)c1cc([N+](=O)[O-])ccn1. The summed E-state index contributed by atoms with van der Waals surface area (Å²) in [5, 5.41) is 10.9. The monoisotopic (exact) mass is 411 g/mol. The molecule has 2 unspecified atom stereocenters. The Bertz CT molecular complexity index is 655. The Morgan fingerprint density at radius 2 is 2.04 bits per heavy atom. The van der Waals surface area contributed by atoms with Gasteiger partial charge in [-0.3, -0.25) is 24.5 Å². The number of carbonyl (C=O) groups excluding carboxylic acids is 1. The van der Waals surface area contributed by atoms with Gasteiger partial charge in [0.15, 0.2) is 0 Å². The third-order valence-electron chi connectivity index (χ3n) is 3.30. The second-order valence-corrected chi connectivity index (χ2v) is 8.47. The number of nitro groups is 1. The first-order valence-electron chi connectivity index (χ1n) is 7.44. The standard InChI is InChI=1S/C14H20Cl2N3O5P/c1-11(20)9-14(13-10-12(19(21)22)3-6-17-13)24-25(2,23)18(7-4-15)8-5-16/h3,6,10,14H,4-5,7-9H2,1-2H3. The first-order valence-corrected chi connectivity index (χ1v) is 10.5. The van der Waals surface area contributed by atoms with Gasteiger partial charge in [0.25, 0.3) is 13.2 Å². The summed E-state index contributed by atoms with van der Waals surface area (Å²) in [4.78, 5) is 26.0. The van der Waals surface area contributed by atoms with Gasteiger partial charge < -0.3 is 4.52 Å². The molecule has 0 amide bonds. The Labute approximate surface area is 156 Å². The van der Waals surface area contributed by atoms with Gasteiger partial charge in [0.2, 0.25) is 0 Å². The third-order valence-corrected chi connectivity index (χ3v) is 5.71. The molecule has 0 spiro atoms. The number of carbonyl (C=O) groups is 1. The molecule has 1 aromatic heterocycles. The highest BCUT2D eigenvalue weighted by Crippen LogP contribution is 2.51. The van der Waals surface area contributed by atoms with Gasteiger partial charge in [-0.2, -0.15) is 0 Å². The Morgan fingerprint density at radius 1 is 1.44 bits per heavy atom. The number of rotatable bonds is 11. The summed E-state index contributed by atoms with van der Waals surface area (Å²) in [6.45, 7) is 3.33. The molecular formula is C14H20Cl2N3O5P. The van der Waals surface area contributed by atoms with Gasteiger partial charge in [0, 0.05) is 56.3 Å². The smallest absolute Gasteiger partial charge is 0.272 e. The Kier molecular flexibility index (Phi) is 8.96. The van der Waals surface area contributed by atoms with E-state index in [1.165, 1.54) is 36.6 Å². The van der Waals surface area contributed by atoms with E-state index in [-0.39, 0.29) is 48.4 Å². The van der Waals surface area contributed by atoms with Crippen molar-refractivity contribution in [1.82, 2.24) is 9.65 Å². The molecule has 1 rings (SSSR count). The normalized spacial score (nSPS) is 14.9. The molecule has 11 heteroatoms. The second kappa shape index (κ2) is 10.2. The van der Waals surface area contributed by atoms with E-state index in [1.807, 2.05) is 0 Å². The van der Waals surface area contributed by atoms with Crippen LogP contribution in [0.1, 0.15) is 25.1 Å². The van der Waals surface area contributed by atoms with Gasteiger partial charge in [-0.05, 0) is 6.92 Å². The van der Waals surface area contributed by atoms with E-state index >= 15 is 0 Å². The lowest BCUT2D eigenvalue weighted by atomic mass is 10.1. The highest BCUT2D eigenvalue weighted by atomic mass is 35.5. The van der Waals surface area contributed by atoms with Crippen LogP contribution in [0.5, 0.6) is 0 Å². The van der Waals surface area contributed by atoms with E-state index in [9.17, 15) is 19.5 Å². The van der Waals surface area contributed by atoms with Crippen molar-refractivity contribution in [3.63, 3.8) is 0 Å². The van der Waals surface area contributed by atoms with Crippen LogP contribution in [0, 0.1) is 10.1 Å². The minimum atomic E-state index is -3.35. The first-order chi connectivity index (χ1) is 11.7. The fraction of sp³-hybridized carbons (Fsp3) is 0.571. The number of nitrogens with zero attached hydrogens (tertiary/aromatic N) is 3. The molecule has 0 N–H and O–H groups in total. The van der Waals surface area contributed by atoms with E-state index in [2.05, 4.69) is 4.98 Å². The predicted molar refractivity (Wildman–Crippen MR) is 96.6 cm³/mol. The molecule has 0 aliphatic heterocycles. The number of pyridine rings is 1. The molecule has 0 saturated carbocycles. The number of halogens is 2. The summed E-state index contributed by atoms with van der Waals surface area (Å²) in [6, 6.07) is 2.44. The number of Topliss-reactive ketones (excluding diaryl/α,β-unsaturated/α-hetero) is 1. The molecule has 0 fully saturated rings. The lowest BCUT2D eigenvalue weighted by Gasteiger charge is -2.30. The second-order valence-electron chi connectivity index (χ2n) is 5.33. The summed E-state index contributed by atoms with van der Waals surface area (Å²) in [5.74, 6) is 0.231. The van der Waals surface area contributed by atoms with Crippen LogP contribution in [0.25, 0.3) is 0 Å². The first kappa shape index (κ1) is 22.0. The minimum Gasteiger partial charge on any atom is -0.307 e. The van der Waals surface area contributed by atoms with Crippen LogP contribution in [-0.4, -0.2) is 51.9 Å². The molecule has 0 aliphatic carbocycles. The number of alkyl halides is 2. The van der Waals surface area contributed by atoms with Crippen LogP contribution in [0.15, 0.2) is 18.3 Å². The van der Waals surface area contributed by atoms with Gasteiger partial charge in [-0.25, -0.2) is 4.67 Å². The average molecular weight is 412 g/mol. The Morgan fingerprint density at radius 3 is 2.52 bits per heavy atom. The summed E-state index contributed by atoms with van der Waals surface area (Å²) in [7, 11) is -3.35. The van der Waals surface area contributed by atoms with Crippen molar-refractivity contribution in [2.45, 2.75) is 19.4 Å². The van der Waals surface area contributed by atoms with Crippen LogP contribution in [0.3, 0.4) is 0 Å². The lowest BCUT2D eigenvalue weighted by Crippen LogP contribution is -2.27. The average Bonchev–Trinajstić information content (AvgIpc) is 2.53. The number of ketones is 1. The lowest BCUT2D eigenvalue weighted by molar-refractivity contribution is -0.385. The quantitative estimate of drug-likeness (QED) is 0.237. The molecule has 0 saturated heterocycles. The van der Waals surface area contributed by atoms with Gasteiger partial charge in [0.05, 0.1) is 10.6 Å². The zero-order valence-electron chi connectivity index (χ0n) is 13.9. The Balaban J connectivity index is 3.14. The van der Waals surface area contributed by atoms with Gasteiger partial charge >= 0.3 is 0 Å². The number of hydrogen-bond acceptors (Lipinski definition) is 6. The summed E-state index contributed by atoms with van der Waals surface area (Å²) in [5.41, 5.74) is -0.0189. The molecule has 2 atom stereocenters. The molecule has 1 aromatic rings. The van der Waals surface area contributed by atoms with E-state index in [1.54, 1.807) is 0 Å². The fourth-order valence-electron chi connectivity index (χ4n) is 2.16. The van der Waals surface area contributed by atoms with Crippen LogP contribution >= 0.6 is 30.7 Å². The Hall–Kier alpha value is -1.05. The molecule has 140 valence electrons. The van der Waals surface area contributed by atoms with E-state index in [4.69, 9.17) is 27.7 Å². The highest BCUT2D eigenvalue weighted by molar-refractivity contribution is 7.55. The molecule has 0 aromatic carbocycles. The third kappa shape index (κ3) is 6.99. The van der Waals surface area contributed by atoms with E-state index in [0.717, 1.165) is 0 Å². The van der Waals surface area contributed by atoms with Gasteiger partial charge in [-0.15, -0.1) is 23.2 Å². The molecule has 0 bridgehead atoms. The van der Waals surface area contributed by atoms with Crippen molar-refractivity contribution < 1.29 is 18.8 Å². The minimum absolute atomic E-state index is 0.110. The number of aromatic nitrogens is 1. The van der Waals surface area contributed by atoms with Crippen LogP contribution in [0.2, 0.25) is 0 Å². The van der Waals surface area contributed by atoms with Crippen molar-refractivity contribution >= 4 is 42.2 Å². The van der Waals surface area contributed by atoms with Crippen molar-refractivity contribution in [2.75, 3.05) is 31.5 Å². The summed E-state index contributed by atoms with van der Waals surface area (Å²) >= 11 is 11.5. The molecule has 8 nitrogen and oxygen atoms in total. The maximum Gasteiger partial charge on any atom is 0.272 e. The van der Waals surface area contributed by atoms with Crippen molar-refractivity contribution in [1.29, 1.82) is 0 Å². The largest absolute Gasteiger partial charge is 0.307 e. The topological polar surface area (TPSA) is 103 Å². The maximum absolute atomic E-state index is 13.0. The fourth-order valence-corrected chi connectivity index (χ4v) is 4.51. The van der Waals surface area contributed by atoms with Crippen LogP contribution in [-0.2, 0) is 13.9 Å². The molecular weight excluding hydrogens is 392 g/mol. The van der Waals surface area contributed by atoms with Crippen LogP contribution < -0.4 is 0 Å². The summed E-state index contributed by atoms with van der Waals surface area (Å²) < 4.78 is 20.2. The molecule has 1 heterocycles. The van der Waals surface area contributed by atoms with Crippen molar-refractivity contribution in [3.8, 4) is 0 Å².